The molecule has 0 radical (unpaired) electrons. The normalized spacial score (nSPS) is 10.6. The summed E-state index contributed by atoms with van der Waals surface area (Å²) in [5.41, 5.74) is 1.65. The van der Waals surface area contributed by atoms with Gasteiger partial charge in [-0.3, -0.25) is 4.79 Å². The van der Waals surface area contributed by atoms with E-state index in [4.69, 9.17) is 28.2 Å². The Hall–Kier alpha value is -1.13. The number of hydrogen-bond donors (Lipinski definition) is 1. The first-order chi connectivity index (χ1) is 6.72. The molecule has 5 heteroatoms. The van der Waals surface area contributed by atoms with Crippen LogP contribution < -0.4 is 0 Å². The topological polar surface area (TPSA) is 46.0 Å². The number of rotatable bonds is 2. The van der Waals surface area contributed by atoms with Crippen molar-refractivity contribution >= 4 is 40.7 Å². The average molecular weight is 228 g/mol. The zero-order chi connectivity index (χ0) is 10.1. The molecule has 14 heavy (non-hydrogen) atoms. The van der Waals surface area contributed by atoms with Crippen LogP contribution in [0.5, 0.6) is 0 Å². The number of H-pyrrole nitrogens is 1. The van der Waals surface area contributed by atoms with Gasteiger partial charge in [-0.2, -0.15) is 0 Å². The molecule has 0 saturated carbocycles. The van der Waals surface area contributed by atoms with Gasteiger partial charge in [0, 0.05) is 0 Å². The molecule has 0 amide bonds. The number of aromatic amines is 1. The lowest BCUT2D eigenvalue weighted by molar-refractivity contribution is 0.102. The van der Waals surface area contributed by atoms with Gasteiger partial charge in [0.15, 0.2) is 11.4 Å². The molecule has 1 aromatic carbocycles. The van der Waals surface area contributed by atoms with Crippen molar-refractivity contribution in [1.29, 1.82) is 0 Å². The second-order valence-electron chi connectivity index (χ2n) is 2.75. The van der Waals surface area contributed by atoms with E-state index in [1.54, 1.807) is 18.2 Å². The first-order valence-electron chi connectivity index (χ1n) is 3.93. The van der Waals surface area contributed by atoms with E-state index >= 15 is 0 Å². The maximum atomic E-state index is 11.4. The zero-order valence-corrected chi connectivity index (χ0v) is 8.61. The molecule has 3 nitrogen and oxygen atoms in total. The predicted molar refractivity (Wildman–Crippen MR) is 56.4 cm³/mol. The third-order valence-corrected chi connectivity index (χ3v) is 2.30. The van der Waals surface area contributed by atoms with Gasteiger partial charge in [0.05, 0.1) is 17.0 Å². The van der Waals surface area contributed by atoms with Crippen LogP contribution in [-0.4, -0.2) is 16.6 Å². The Labute approximate surface area is 89.7 Å². The van der Waals surface area contributed by atoms with Crippen LogP contribution >= 0.6 is 23.8 Å². The highest BCUT2D eigenvalue weighted by atomic mass is 35.5. The van der Waals surface area contributed by atoms with Crippen LogP contribution in [0.15, 0.2) is 22.6 Å². The third-order valence-electron chi connectivity index (χ3n) is 1.87. The molecule has 0 unspecified atom stereocenters. The number of carbonyl (C=O) groups excluding carboxylic acids is 1. The molecule has 2 aromatic rings. The van der Waals surface area contributed by atoms with Crippen LogP contribution in [0.3, 0.4) is 0 Å². The van der Waals surface area contributed by atoms with Gasteiger partial charge in [0.25, 0.3) is 4.84 Å². The summed E-state index contributed by atoms with van der Waals surface area (Å²) >= 11 is 10.3. The Morgan fingerprint density at radius 1 is 1.57 bits per heavy atom. The van der Waals surface area contributed by atoms with Gasteiger partial charge in [-0.25, -0.2) is 0 Å². The van der Waals surface area contributed by atoms with E-state index in [1.165, 1.54) is 0 Å². The molecule has 0 spiro atoms. The molecule has 0 aliphatic carbocycles. The number of ketones is 1. The number of alkyl halides is 1. The highest BCUT2D eigenvalue weighted by molar-refractivity contribution is 7.71. The van der Waals surface area contributed by atoms with Crippen LogP contribution in [0.1, 0.15) is 10.4 Å². The van der Waals surface area contributed by atoms with E-state index in [0.29, 0.717) is 16.7 Å². The Bertz CT molecular complexity index is 543. The molecule has 1 heterocycles. The predicted octanol–water partition coefficient (Wildman–Crippen LogP) is 2.91. The minimum absolute atomic E-state index is 0.0629. The number of Topliss-reactive ketones (excluding diaryl/α,β-unsaturated/α-hetero) is 1. The van der Waals surface area contributed by atoms with Crippen LogP contribution in [-0.2, 0) is 0 Å². The van der Waals surface area contributed by atoms with E-state index in [0.717, 1.165) is 0 Å². The van der Waals surface area contributed by atoms with Gasteiger partial charge in [-0.1, -0.05) is 6.07 Å². The van der Waals surface area contributed by atoms with Crippen LogP contribution in [0.25, 0.3) is 11.1 Å². The second-order valence-corrected chi connectivity index (χ2v) is 3.39. The van der Waals surface area contributed by atoms with E-state index in [2.05, 4.69) is 4.98 Å². The number of oxazole rings is 1. The number of carbonyl (C=O) groups is 1. The van der Waals surface area contributed by atoms with Crippen LogP contribution in [0.4, 0.5) is 0 Å². The third kappa shape index (κ3) is 1.47. The van der Waals surface area contributed by atoms with Crippen molar-refractivity contribution in [2.75, 3.05) is 5.88 Å². The molecule has 0 atom stereocenters. The van der Waals surface area contributed by atoms with Crippen LogP contribution in [0.2, 0.25) is 0 Å². The summed E-state index contributed by atoms with van der Waals surface area (Å²) in [4.78, 5) is 14.5. The van der Waals surface area contributed by atoms with Gasteiger partial charge >= 0.3 is 0 Å². The van der Waals surface area contributed by atoms with Crippen molar-refractivity contribution in [2.24, 2.45) is 0 Å². The van der Waals surface area contributed by atoms with Crippen molar-refractivity contribution in [3.05, 3.63) is 28.6 Å². The number of fused-ring (bicyclic) bond motifs is 1. The first kappa shape index (κ1) is 9.43. The maximum absolute atomic E-state index is 11.4. The summed E-state index contributed by atoms with van der Waals surface area (Å²) in [6, 6.07) is 5.21. The number of para-hydroxylation sites is 1. The lowest BCUT2D eigenvalue weighted by Gasteiger charge is -1.96. The molecule has 2 rings (SSSR count). The van der Waals surface area contributed by atoms with Crippen molar-refractivity contribution in [3.63, 3.8) is 0 Å². The maximum Gasteiger partial charge on any atom is 0.266 e. The summed E-state index contributed by atoms with van der Waals surface area (Å²) in [7, 11) is 0. The molecule has 72 valence electrons. The average Bonchev–Trinajstić information content (AvgIpc) is 2.56. The van der Waals surface area contributed by atoms with Crippen molar-refractivity contribution < 1.29 is 9.21 Å². The Morgan fingerprint density at radius 3 is 3.07 bits per heavy atom. The van der Waals surface area contributed by atoms with Gasteiger partial charge < -0.3 is 9.40 Å². The van der Waals surface area contributed by atoms with Crippen molar-refractivity contribution in [3.8, 4) is 0 Å². The summed E-state index contributed by atoms with van der Waals surface area (Å²) in [5, 5.41) is 0. The van der Waals surface area contributed by atoms with E-state index in [1.807, 2.05) is 0 Å². The quantitative estimate of drug-likeness (QED) is 0.488. The fourth-order valence-corrected chi connectivity index (χ4v) is 1.60. The van der Waals surface area contributed by atoms with Gasteiger partial charge in [-0.15, -0.1) is 11.6 Å². The lowest BCUT2D eigenvalue weighted by Crippen LogP contribution is -1.99. The number of halogens is 1. The fraction of sp³-hybridized carbons (Fsp3) is 0.111. The summed E-state index contributed by atoms with van der Waals surface area (Å²) in [5.74, 6) is -0.234. The first-order valence-corrected chi connectivity index (χ1v) is 4.87. The molecule has 1 N–H and O–H groups in total. The second kappa shape index (κ2) is 3.55. The number of nitrogens with one attached hydrogen (secondary N) is 1. The fourth-order valence-electron chi connectivity index (χ4n) is 1.27. The molecule has 0 saturated heterocycles. The minimum Gasteiger partial charge on any atom is -0.429 e. The Balaban J connectivity index is 2.76. The Morgan fingerprint density at radius 2 is 2.36 bits per heavy atom. The molecule has 0 aliphatic heterocycles. The standard InChI is InChI=1S/C9H6ClNO2S/c10-4-7(12)5-2-1-3-6-8(5)13-9(14)11-6/h1-3H,4H2,(H,11,14). The van der Waals surface area contributed by atoms with E-state index in [9.17, 15) is 4.79 Å². The van der Waals surface area contributed by atoms with Gasteiger partial charge in [-0.05, 0) is 24.4 Å². The molecule has 0 bridgehead atoms. The molecule has 0 fully saturated rings. The van der Waals surface area contributed by atoms with Gasteiger partial charge in [0.2, 0.25) is 0 Å². The van der Waals surface area contributed by atoms with E-state index < -0.39 is 0 Å². The highest BCUT2D eigenvalue weighted by Gasteiger charge is 2.11. The van der Waals surface area contributed by atoms with Crippen LogP contribution in [0, 0.1) is 4.84 Å². The lowest BCUT2D eigenvalue weighted by atomic mass is 10.1. The highest BCUT2D eigenvalue weighted by Crippen LogP contribution is 2.19. The molecular weight excluding hydrogens is 222 g/mol. The monoisotopic (exact) mass is 227 g/mol. The van der Waals surface area contributed by atoms with Crippen molar-refractivity contribution in [2.45, 2.75) is 0 Å². The van der Waals surface area contributed by atoms with Gasteiger partial charge in [0.1, 0.15) is 0 Å². The minimum atomic E-state index is -0.171. The Kier molecular flexibility index (Phi) is 2.39. The summed E-state index contributed by atoms with van der Waals surface area (Å²) in [6.07, 6.45) is 0. The largest absolute Gasteiger partial charge is 0.429 e. The number of benzene rings is 1. The summed E-state index contributed by atoms with van der Waals surface area (Å²) < 4.78 is 5.20. The molecule has 1 aromatic heterocycles. The number of hydrogen-bond acceptors (Lipinski definition) is 3. The molecular formula is C9H6ClNO2S. The summed E-state index contributed by atoms with van der Waals surface area (Å²) in [6.45, 7) is 0. The van der Waals surface area contributed by atoms with Crippen molar-refractivity contribution in [1.82, 2.24) is 4.98 Å². The number of aromatic nitrogens is 1. The van der Waals surface area contributed by atoms with E-state index in [-0.39, 0.29) is 16.5 Å². The zero-order valence-electron chi connectivity index (χ0n) is 7.04. The SMILES string of the molecule is O=C(CCl)c1cccc2[nH]c(=S)oc12. The smallest absolute Gasteiger partial charge is 0.266 e. The molecule has 0 aliphatic rings.